The number of hydrogen-bond acceptors (Lipinski definition) is 3. The molecule has 0 radical (unpaired) electrons. The van der Waals surface area contributed by atoms with Crippen molar-refractivity contribution in [2.75, 3.05) is 0 Å². The highest BCUT2D eigenvalue weighted by Crippen LogP contribution is 2.19. The number of nitrogens with zero attached hydrogens (tertiary/aromatic N) is 4. The first kappa shape index (κ1) is 17.5. The van der Waals surface area contributed by atoms with E-state index in [0.29, 0.717) is 6.54 Å². The summed E-state index contributed by atoms with van der Waals surface area (Å²) >= 11 is 0. The summed E-state index contributed by atoms with van der Waals surface area (Å²) < 4.78 is 9.48. The van der Waals surface area contributed by atoms with Crippen molar-refractivity contribution in [3.05, 3.63) is 84.6 Å². The lowest BCUT2D eigenvalue weighted by Gasteiger charge is -2.00. The molecule has 3 heterocycles. The molecule has 7 nitrogen and oxygen atoms in total. The van der Waals surface area contributed by atoms with Gasteiger partial charge in [0.25, 0.3) is 5.65 Å². The average molecular weight is 373 g/mol. The van der Waals surface area contributed by atoms with Gasteiger partial charge in [-0.1, -0.05) is 18.2 Å². The summed E-state index contributed by atoms with van der Waals surface area (Å²) in [7, 11) is 2.06. The van der Waals surface area contributed by atoms with E-state index >= 15 is 0 Å². The molecule has 7 heteroatoms. The number of guanidine groups is 1. The topological polar surface area (TPSA) is 84.9 Å². The fourth-order valence-electron chi connectivity index (χ4n) is 2.96. The van der Waals surface area contributed by atoms with Crippen molar-refractivity contribution in [1.29, 1.82) is 0 Å². The fraction of sp³-hybridized carbons (Fsp3) is 0.0952. The van der Waals surface area contributed by atoms with Crippen LogP contribution in [-0.4, -0.2) is 16.7 Å². The van der Waals surface area contributed by atoms with Gasteiger partial charge >= 0.3 is 0 Å². The van der Waals surface area contributed by atoms with E-state index in [1.54, 1.807) is 12.5 Å². The molecule has 0 aliphatic carbocycles. The Hall–Kier alpha value is -3.87. The van der Waals surface area contributed by atoms with Crippen LogP contribution in [0.25, 0.3) is 16.9 Å². The number of fused-ring (bicyclic) bond motifs is 1. The molecule has 0 atom stereocenters. The number of pyridine rings is 1. The standard InChI is InChI=1S/C21H21N6O/c1-26-19(15-27-11-3-2-6-20(26)27)17-9-7-16(8-10-17)13-24-25-21(22)23-14-18-5-4-12-28-18/h2-13,15H,14H2,1H3,(H3,22,23,25)/q+1/b24-13-. The number of benzene rings is 1. The molecule has 3 aromatic heterocycles. The molecule has 3 N–H and O–H groups in total. The van der Waals surface area contributed by atoms with Crippen molar-refractivity contribution >= 4 is 17.8 Å². The van der Waals surface area contributed by atoms with Crippen LogP contribution in [0.15, 0.2) is 87.8 Å². The van der Waals surface area contributed by atoms with Gasteiger partial charge in [-0.2, -0.15) is 5.10 Å². The Kier molecular flexibility index (Phi) is 4.88. The maximum atomic E-state index is 5.79. The highest BCUT2D eigenvalue weighted by molar-refractivity contribution is 5.83. The first-order valence-corrected chi connectivity index (χ1v) is 8.88. The largest absolute Gasteiger partial charge is 0.467 e. The van der Waals surface area contributed by atoms with Crippen LogP contribution < -0.4 is 15.6 Å². The molecule has 0 saturated carbocycles. The Morgan fingerprint density at radius 2 is 2.04 bits per heavy atom. The van der Waals surface area contributed by atoms with Gasteiger partial charge in [-0.15, -0.1) is 0 Å². The van der Waals surface area contributed by atoms with E-state index in [-0.39, 0.29) is 5.96 Å². The second kappa shape index (κ2) is 7.79. The smallest absolute Gasteiger partial charge is 0.286 e. The van der Waals surface area contributed by atoms with Crippen molar-refractivity contribution in [2.45, 2.75) is 6.54 Å². The molecule has 0 fully saturated rings. The minimum atomic E-state index is 0.233. The van der Waals surface area contributed by atoms with Crippen molar-refractivity contribution in [3.63, 3.8) is 0 Å². The maximum Gasteiger partial charge on any atom is 0.286 e. The Morgan fingerprint density at radius 1 is 1.18 bits per heavy atom. The molecule has 0 amide bonds. The molecule has 4 aromatic rings. The van der Waals surface area contributed by atoms with Crippen LogP contribution in [0.2, 0.25) is 0 Å². The Morgan fingerprint density at radius 3 is 2.79 bits per heavy atom. The van der Waals surface area contributed by atoms with E-state index in [1.165, 1.54) is 0 Å². The van der Waals surface area contributed by atoms with Gasteiger partial charge in [-0.05, 0) is 35.9 Å². The normalized spacial score (nSPS) is 12.1. The number of aliphatic imine (C=N–C) groups is 1. The summed E-state index contributed by atoms with van der Waals surface area (Å²) in [6.45, 7) is 0.374. The van der Waals surface area contributed by atoms with E-state index in [1.807, 2.05) is 42.6 Å². The predicted molar refractivity (Wildman–Crippen MR) is 109 cm³/mol. The quantitative estimate of drug-likeness (QED) is 0.244. The third-order valence-corrected chi connectivity index (χ3v) is 4.42. The van der Waals surface area contributed by atoms with Crippen LogP contribution in [-0.2, 0) is 13.6 Å². The molecule has 0 saturated heterocycles. The second-order valence-electron chi connectivity index (χ2n) is 6.31. The lowest BCUT2D eigenvalue weighted by atomic mass is 10.1. The van der Waals surface area contributed by atoms with E-state index in [4.69, 9.17) is 10.2 Å². The Balaban J connectivity index is 1.42. The van der Waals surface area contributed by atoms with E-state index in [2.05, 4.69) is 55.9 Å². The van der Waals surface area contributed by atoms with Gasteiger partial charge in [0.05, 0.1) is 25.7 Å². The summed E-state index contributed by atoms with van der Waals surface area (Å²) in [6, 6.07) is 18.0. The number of aromatic nitrogens is 2. The second-order valence-corrected chi connectivity index (χ2v) is 6.31. The molecular weight excluding hydrogens is 352 g/mol. The number of aryl methyl sites for hydroxylation is 1. The monoisotopic (exact) mass is 373 g/mol. The first-order chi connectivity index (χ1) is 13.7. The highest BCUT2D eigenvalue weighted by Gasteiger charge is 2.14. The van der Waals surface area contributed by atoms with Crippen LogP contribution >= 0.6 is 0 Å². The SMILES string of the molecule is Cn1c(-c2ccc(/C=N\NC(N)=NCc3ccco3)cc2)c[n+]2ccccc12. The van der Waals surface area contributed by atoms with Gasteiger partial charge in [-0.25, -0.2) is 19.4 Å². The van der Waals surface area contributed by atoms with Crippen LogP contribution in [0.5, 0.6) is 0 Å². The molecule has 0 spiro atoms. The van der Waals surface area contributed by atoms with Gasteiger partial charge in [-0.3, -0.25) is 0 Å². The molecule has 0 aliphatic heterocycles. The molecule has 28 heavy (non-hydrogen) atoms. The zero-order chi connectivity index (χ0) is 19.3. The first-order valence-electron chi connectivity index (χ1n) is 8.88. The number of nitrogens with one attached hydrogen (secondary N) is 1. The van der Waals surface area contributed by atoms with Crippen molar-refractivity contribution in [2.24, 2.45) is 22.9 Å². The zero-order valence-electron chi connectivity index (χ0n) is 15.5. The highest BCUT2D eigenvalue weighted by atomic mass is 16.3. The average Bonchev–Trinajstić information content (AvgIpc) is 3.35. The van der Waals surface area contributed by atoms with Gasteiger partial charge in [0.1, 0.15) is 18.5 Å². The molecular formula is C21H21N6O+. The molecule has 0 aliphatic rings. The summed E-state index contributed by atoms with van der Waals surface area (Å²) in [4.78, 5) is 4.15. The Labute approximate surface area is 162 Å². The minimum Gasteiger partial charge on any atom is -0.467 e. The van der Waals surface area contributed by atoms with E-state index < -0.39 is 0 Å². The number of imidazole rings is 1. The maximum absolute atomic E-state index is 5.79. The van der Waals surface area contributed by atoms with Crippen LogP contribution in [0.1, 0.15) is 11.3 Å². The van der Waals surface area contributed by atoms with Crippen LogP contribution in [0, 0.1) is 0 Å². The minimum absolute atomic E-state index is 0.233. The zero-order valence-corrected chi connectivity index (χ0v) is 15.5. The number of furan rings is 1. The number of rotatable bonds is 5. The molecule has 4 rings (SSSR count). The van der Waals surface area contributed by atoms with Gasteiger partial charge in [0, 0.05) is 11.6 Å². The lowest BCUT2D eigenvalue weighted by molar-refractivity contribution is -0.510. The summed E-state index contributed by atoms with van der Waals surface area (Å²) in [5.74, 6) is 0.979. The number of nitrogens with two attached hydrogens (primary N) is 1. The van der Waals surface area contributed by atoms with E-state index in [0.717, 1.165) is 28.2 Å². The number of hydrogen-bond donors (Lipinski definition) is 2. The van der Waals surface area contributed by atoms with Gasteiger partial charge < -0.3 is 10.2 Å². The van der Waals surface area contributed by atoms with Gasteiger partial charge in [0.15, 0.2) is 5.69 Å². The van der Waals surface area contributed by atoms with Crippen LogP contribution in [0.3, 0.4) is 0 Å². The number of hydrazone groups is 1. The van der Waals surface area contributed by atoms with Crippen LogP contribution in [0.4, 0.5) is 0 Å². The van der Waals surface area contributed by atoms with Crippen molar-refractivity contribution in [3.8, 4) is 11.3 Å². The molecule has 0 unspecified atom stereocenters. The van der Waals surface area contributed by atoms with E-state index in [9.17, 15) is 0 Å². The molecule has 1 aromatic carbocycles. The van der Waals surface area contributed by atoms with Gasteiger partial charge in [0.2, 0.25) is 5.96 Å². The fourth-order valence-corrected chi connectivity index (χ4v) is 2.96. The summed E-state index contributed by atoms with van der Waals surface area (Å²) in [6.07, 6.45) is 7.47. The summed E-state index contributed by atoms with van der Waals surface area (Å²) in [5.41, 5.74) is 12.9. The van der Waals surface area contributed by atoms with Crippen molar-refractivity contribution in [1.82, 2.24) is 9.99 Å². The molecule has 140 valence electrons. The lowest BCUT2D eigenvalue weighted by Crippen LogP contribution is -2.27. The Bertz CT molecular complexity index is 1120. The summed E-state index contributed by atoms with van der Waals surface area (Å²) in [5, 5.41) is 4.13. The van der Waals surface area contributed by atoms with Crippen molar-refractivity contribution < 1.29 is 8.82 Å². The molecule has 0 bridgehead atoms. The third kappa shape index (κ3) is 3.78. The predicted octanol–water partition coefficient (Wildman–Crippen LogP) is 2.46. The third-order valence-electron chi connectivity index (χ3n) is 4.42.